The Bertz CT molecular complexity index is 1490. The lowest BCUT2D eigenvalue weighted by molar-refractivity contribution is -0.359. The van der Waals surface area contributed by atoms with Crippen molar-refractivity contribution < 1.29 is 64.6 Å². The molecule has 2 fully saturated rings. The van der Waals surface area contributed by atoms with E-state index in [0.29, 0.717) is 12.8 Å². The van der Waals surface area contributed by atoms with Crippen LogP contribution in [0.3, 0.4) is 0 Å². The second kappa shape index (κ2) is 54.6. The first-order chi connectivity index (χ1) is 40.6. The summed E-state index contributed by atoms with van der Waals surface area (Å²) < 4.78 is 22.8. The van der Waals surface area contributed by atoms with Gasteiger partial charge in [-0.3, -0.25) is 4.79 Å². The van der Waals surface area contributed by atoms with Gasteiger partial charge in [0, 0.05) is 6.42 Å². The van der Waals surface area contributed by atoms with E-state index in [1.165, 1.54) is 250 Å². The molecule has 12 atom stereocenters. The highest BCUT2D eigenvalue weighted by Gasteiger charge is 2.51. The molecule has 0 aliphatic carbocycles. The Morgan fingerprint density at radius 1 is 0.422 bits per heavy atom. The molecular weight excluding hydrogens is 1050 g/mol. The molecule has 0 saturated carbocycles. The van der Waals surface area contributed by atoms with Crippen molar-refractivity contribution in [1.82, 2.24) is 5.32 Å². The minimum atomic E-state index is -1.79. The Kier molecular flexibility index (Phi) is 51.0. The van der Waals surface area contributed by atoms with Crippen molar-refractivity contribution in [1.29, 1.82) is 0 Å². The van der Waals surface area contributed by atoms with Crippen LogP contribution in [0.1, 0.15) is 316 Å². The molecule has 1 amide bonds. The predicted molar refractivity (Wildman–Crippen MR) is 337 cm³/mol. The molecule has 9 N–H and O–H groups in total. The topological polar surface area (TPSA) is 228 Å². The van der Waals surface area contributed by atoms with Crippen LogP contribution in [0, 0.1) is 0 Å². The fourth-order valence-electron chi connectivity index (χ4n) is 11.8. The number of aliphatic hydroxyl groups is 8. The molecule has 0 aromatic heterocycles. The number of amides is 1. The molecule has 2 saturated heterocycles. The van der Waals surface area contributed by atoms with Gasteiger partial charge in [0.2, 0.25) is 5.91 Å². The standard InChI is InChI=1S/C69H131NO13/c1-3-5-7-9-11-13-15-17-19-21-23-25-26-27-28-29-30-31-32-33-35-37-39-41-43-45-47-49-51-53-61(74)70-57(58(73)52-50-48-46-44-42-40-38-36-34-24-22-20-18-16-14-12-10-8-6-4-2)56-80-68-66(79)64(77)67(60(55-72)82-68)83-69-65(78)63(76)62(75)59(54-71)81-69/h42,44,50,52,57-60,62-69,71-73,75-79H,3-41,43,45-49,51,53-56H2,1-2H3,(H,70,74)/b44-42+,52-50+. The van der Waals surface area contributed by atoms with Crippen molar-refractivity contribution >= 4 is 5.91 Å². The number of nitrogens with one attached hydrogen (secondary N) is 1. The second-order valence-electron chi connectivity index (χ2n) is 25.0. The van der Waals surface area contributed by atoms with Gasteiger partial charge in [0.15, 0.2) is 12.6 Å². The third-order valence-electron chi connectivity index (χ3n) is 17.4. The summed E-state index contributed by atoms with van der Waals surface area (Å²) in [6.07, 6.45) is 51.0. The van der Waals surface area contributed by atoms with Gasteiger partial charge in [0.05, 0.1) is 32.0 Å². The van der Waals surface area contributed by atoms with Gasteiger partial charge in [-0.05, 0) is 32.1 Å². The molecule has 2 heterocycles. The van der Waals surface area contributed by atoms with Gasteiger partial charge >= 0.3 is 0 Å². The first-order valence-corrected chi connectivity index (χ1v) is 35.1. The van der Waals surface area contributed by atoms with Gasteiger partial charge in [0.1, 0.15) is 48.8 Å². The smallest absolute Gasteiger partial charge is 0.220 e. The highest BCUT2D eigenvalue weighted by Crippen LogP contribution is 2.30. The van der Waals surface area contributed by atoms with Crippen LogP contribution >= 0.6 is 0 Å². The van der Waals surface area contributed by atoms with Crippen molar-refractivity contribution in [3.8, 4) is 0 Å². The van der Waals surface area contributed by atoms with Crippen LogP contribution < -0.4 is 5.32 Å². The summed E-state index contributed by atoms with van der Waals surface area (Å²) >= 11 is 0. The van der Waals surface area contributed by atoms with Crippen molar-refractivity contribution in [2.24, 2.45) is 0 Å². The van der Waals surface area contributed by atoms with E-state index < -0.39 is 86.8 Å². The SMILES string of the molecule is CCCCCCCCCCCCCCCC/C=C/CC/C=C/C(O)C(COC1OC(CO)C(OC2OC(CO)C(O)C(O)C2O)C(O)C1O)NC(=O)CCCCCCCCCCCCCCCCCCCCCCCCCCCCCCC. The normalized spacial score (nSPS) is 23.9. The van der Waals surface area contributed by atoms with Crippen LogP contribution in [0.2, 0.25) is 0 Å². The fraction of sp³-hybridized carbons (Fsp3) is 0.928. The average Bonchev–Trinajstić information content (AvgIpc) is 3.67. The van der Waals surface area contributed by atoms with Crippen LogP contribution in [-0.4, -0.2) is 140 Å². The molecule has 14 nitrogen and oxygen atoms in total. The lowest BCUT2D eigenvalue weighted by Crippen LogP contribution is -2.65. The number of allylic oxidation sites excluding steroid dienone is 3. The molecule has 0 aromatic carbocycles. The molecule has 0 bridgehead atoms. The monoisotopic (exact) mass is 1180 g/mol. The summed E-state index contributed by atoms with van der Waals surface area (Å²) in [5.41, 5.74) is 0. The van der Waals surface area contributed by atoms with E-state index in [1.54, 1.807) is 6.08 Å². The molecule has 0 spiro atoms. The zero-order valence-corrected chi connectivity index (χ0v) is 53.2. The highest BCUT2D eigenvalue weighted by atomic mass is 16.7. The lowest BCUT2D eigenvalue weighted by Gasteiger charge is -2.46. The molecule has 490 valence electrons. The fourth-order valence-corrected chi connectivity index (χ4v) is 11.8. The minimum Gasteiger partial charge on any atom is -0.394 e. The molecule has 83 heavy (non-hydrogen) atoms. The zero-order chi connectivity index (χ0) is 60.2. The molecule has 2 aliphatic heterocycles. The maximum atomic E-state index is 13.3. The molecule has 0 aromatic rings. The summed E-state index contributed by atoms with van der Waals surface area (Å²) in [7, 11) is 0. The Hall–Kier alpha value is -1.53. The molecular formula is C69H131NO13. The number of carbonyl (C=O) groups is 1. The van der Waals surface area contributed by atoms with Crippen LogP contribution in [0.15, 0.2) is 24.3 Å². The lowest BCUT2D eigenvalue weighted by atomic mass is 9.97. The third-order valence-corrected chi connectivity index (χ3v) is 17.4. The van der Waals surface area contributed by atoms with Gasteiger partial charge < -0.3 is 65.1 Å². The summed E-state index contributed by atoms with van der Waals surface area (Å²) in [4.78, 5) is 13.3. The Labute approximate surface area is 507 Å². The van der Waals surface area contributed by atoms with Crippen LogP contribution in [0.25, 0.3) is 0 Å². The molecule has 2 aliphatic rings. The summed E-state index contributed by atoms with van der Waals surface area (Å²) in [6, 6.07) is -0.929. The van der Waals surface area contributed by atoms with Gasteiger partial charge in [-0.25, -0.2) is 0 Å². The van der Waals surface area contributed by atoms with E-state index in [4.69, 9.17) is 18.9 Å². The molecule has 0 radical (unpaired) electrons. The minimum absolute atomic E-state index is 0.242. The van der Waals surface area contributed by atoms with Crippen LogP contribution in [0.5, 0.6) is 0 Å². The maximum absolute atomic E-state index is 13.3. The number of rotatable bonds is 58. The number of aliphatic hydroxyl groups excluding tert-OH is 8. The third kappa shape index (κ3) is 39.2. The van der Waals surface area contributed by atoms with E-state index in [1.807, 2.05) is 6.08 Å². The Morgan fingerprint density at radius 2 is 0.771 bits per heavy atom. The first kappa shape index (κ1) is 77.6. The van der Waals surface area contributed by atoms with Crippen molar-refractivity contribution in [3.63, 3.8) is 0 Å². The number of hydrogen-bond donors (Lipinski definition) is 9. The Balaban J connectivity index is 1.67. The molecule has 2 rings (SSSR count). The largest absolute Gasteiger partial charge is 0.394 e. The van der Waals surface area contributed by atoms with E-state index in [-0.39, 0.29) is 18.9 Å². The summed E-state index contributed by atoms with van der Waals surface area (Å²) in [5.74, 6) is -0.242. The first-order valence-electron chi connectivity index (χ1n) is 35.1. The zero-order valence-electron chi connectivity index (χ0n) is 53.2. The Morgan fingerprint density at radius 3 is 1.18 bits per heavy atom. The summed E-state index contributed by atoms with van der Waals surface area (Å²) in [6.45, 7) is 2.83. The van der Waals surface area contributed by atoms with E-state index in [9.17, 15) is 45.6 Å². The van der Waals surface area contributed by atoms with Crippen LogP contribution in [0.4, 0.5) is 0 Å². The molecule has 14 heteroatoms. The van der Waals surface area contributed by atoms with Gasteiger partial charge in [-0.15, -0.1) is 0 Å². The second-order valence-corrected chi connectivity index (χ2v) is 25.0. The van der Waals surface area contributed by atoms with E-state index in [0.717, 1.165) is 32.1 Å². The van der Waals surface area contributed by atoms with Crippen molar-refractivity contribution in [2.75, 3.05) is 19.8 Å². The number of ether oxygens (including phenoxy) is 4. The number of unbranched alkanes of at least 4 members (excludes halogenated alkanes) is 43. The number of carbonyl (C=O) groups excluding carboxylic acids is 1. The number of hydrogen-bond acceptors (Lipinski definition) is 13. The van der Waals surface area contributed by atoms with Crippen molar-refractivity contribution in [3.05, 3.63) is 24.3 Å². The van der Waals surface area contributed by atoms with E-state index in [2.05, 4.69) is 31.3 Å². The van der Waals surface area contributed by atoms with E-state index >= 15 is 0 Å². The maximum Gasteiger partial charge on any atom is 0.220 e. The van der Waals surface area contributed by atoms with Crippen molar-refractivity contribution in [2.45, 2.75) is 389 Å². The quantitative estimate of drug-likeness (QED) is 0.0204. The molecule has 12 unspecified atom stereocenters. The highest BCUT2D eigenvalue weighted by molar-refractivity contribution is 5.76. The predicted octanol–water partition coefficient (Wildman–Crippen LogP) is 14.0. The van der Waals surface area contributed by atoms with Gasteiger partial charge in [0.25, 0.3) is 0 Å². The summed E-state index contributed by atoms with van der Waals surface area (Å²) in [5, 5.41) is 87.3. The average molecular weight is 1180 g/mol. The van der Waals surface area contributed by atoms with Crippen LogP contribution in [-0.2, 0) is 23.7 Å². The van der Waals surface area contributed by atoms with Gasteiger partial charge in [-0.1, -0.05) is 301 Å². The van der Waals surface area contributed by atoms with Gasteiger partial charge in [-0.2, -0.15) is 0 Å².